The standard InChI is InChI=1S/C33H23Cl2N5O5S2/c34-26-14-11-22(16-27(26)35)29-18-47-33(38-29)39-30(41)19-46-25-8-4-7-23(17-25)36-32(43)28(37-31(42)21-5-2-1-3-6-21)15-20-9-12-24(13-10-20)40(44)45/h1-18H,19H2,(H,36,43)(H,37,42)(H,38,39,41)/b28-15+. The highest BCUT2D eigenvalue weighted by Crippen LogP contribution is 2.31. The Bertz CT molecular complexity index is 1990. The van der Waals surface area contributed by atoms with Crippen molar-refractivity contribution in [3.05, 3.63) is 139 Å². The summed E-state index contributed by atoms with van der Waals surface area (Å²) in [4.78, 5) is 54.6. The molecule has 3 amide bonds. The molecule has 0 unspecified atom stereocenters. The van der Waals surface area contributed by atoms with E-state index in [1.807, 2.05) is 0 Å². The van der Waals surface area contributed by atoms with Crippen LogP contribution in [-0.2, 0) is 9.59 Å². The lowest BCUT2D eigenvalue weighted by atomic mass is 10.1. The van der Waals surface area contributed by atoms with Gasteiger partial charge in [0.25, 0.3) is 17.5 Å². The van der Waals surface area contributed by atoms with E-state index in [0.29, 0.717) is 42.6 Å². The van der Waals surface area contributed by atoms with Crippen molar-refractivity contribution in [2.75, 3.05) is 16.4 Å². The molecule has 10 nitrogen and oxygen atoms in total. The molecule has 0 aliphatic rings. The molecule has 0 spiro atoms. The number of thioether (sulfide) groups is 1. The number of rotatable bonds is 11. The summed E-state index contributed by atoms with van der Waals surface area (Å²) >= 11 is 14.6. The number of hydrogen-bond acceptors (Lipinski definition) is 8. The predicted molar refractivity (Wildman–Crippen MR) is 187 cm³/mol. The van der Waals surface area contributed by atoms with Crippen molar-refractivity contribution in [1.82, 2.24) is 10.3 Å². The van der Waals surface area contributed by atoms with Crippen molar-refractivity contribution in [1.29, 1.82) is 0 Å². The van der Waals surface area contributed by atoms with Crippen LogP contribution in [0, 0.1) is 10.1 Å². The summed E-state index contributed by atoms with van der Waals surface area (Å²) in [6.45, 7) is 0. The lowest BCUT2D eigenvalue weighted by Crippen LogP contribution is -2.30. The van der Waals surface area contributed by atoms with Crippen LogP contribution in [0.4, 0.5) is 16.5 Å². The van der Waals surface area contributed by atoms with Gasteiger partial charge in [0.15, 0.2) is 5.13 Å². The van der Waals surface area contributed by atoms with Crippen molar-refractivity contribution < 1.29 is 19.3 Å². The van der Waals surface area contributed by atoms with Crippen LogP contribution in [0.3, 0.4) is 0 Å². The van der Waals surface area contributed by atoms with Gasteiger partial charge >= 0.3 is 0 Å². The first-order valence-electron chi connectivity index (χ1n) is 13.7. The SMILES string of the molecule is O=C(CSc1cccc(NC(=O)/C(=C\c2ccc([N+](=O)[O-])cc2)NC(=O)c2ccccc2)c1)Nc1nc(-c2ccc(Cl)c(Cl)c2)cs1. The largest absolute Gasteiger partial charge is 0.321 e. The molecule has 3 N–H and O–H groups in total. The third-order valence-corrected chi connectivity index (χ3v) is 8.86. The van der Waals surface area contributed by atoms with Gasteiger partial charge in [-0.3, -0.25) is 24.5 Å². The Morgan fingerprint density at radius 3 is 2.38 bits per heavy atom. The Hall–Kier alpha value is -5.01. The van der Waals surface area contributed by atoms with Gasteiger partial charge in [-0.2, -0.15) is 0 Å². The third-order valence-electron chi connectivity index (χ3n) is 6.37. The van der Waals surface area contributed by atoms with Crippen LogP contribution in [0.2, 0.25) is 10.0 Å². The fraction of sp³-hybridized carbons (Fsp3) is 0.0303. The van der Waals surface area contributed by atoms with Crippen LogP contribution in [-0.4, -0.2) is 33.4 Å². The van der Waals surface area contributed by atoms with Crippen LogP contribution in [0.15, 0.2) is 113 Å². The Kier molecular flexibility index (Phi) is 11.0. The van der Waals surface area contributed by atoms with Crippen LogP contribution < -0.4 is 16.0 Å². The highest BCUT2D eigenvalue weighted by molar-refractivity contribution is 8.00. The van der Waals surface area contributed by atoms with Gasteiger partial charge < -0.3 is 16.0 Å². The van der Waals surface area contributed by atoms with Gasteiger partial charge in [-0.1, -0.05) is 53.5 Å². The molecule has 0 aliphatic carbocycles. The van der Waals surface area contributed by atoms with Gasteiger partial charge in [-0.15, -0.1) is 23.1 Å². The van der Waals surface area contributed by atoms with E-state index in [1.54, 1.807) is 78.2 Å². The highest BCUT2D eigenvalue weighted by atomic mass is 35.5. The summed E-state index contributed by atoms with van der Waals surface area (Å²) in [7, 11) is 0. The highest BCUT2D eigenvalue weighted by Gasteiger charge is 2.16. The van der Waals surface area contributed by atoms with Gasteiger partial charge in [0.1, 0.15) is 5.70 Å². The van der Waals surface area contributed by atoms with Crippen molar-refractivity contribution >= 4 is 86.6 Å². The van der Waals surface area contributed by atoms with Crippen molar-refractivity contribution in [2.24, 2.45) is 0 Å². The maximum atomic E-state index is 13.4. The summed E-state index contributed by atoms with van der Waals surface area (Å²) in [6.07, 6.45) is 1.42. The number of thiazole rings is 1. The van der Waals surface area contributed by atoms with E-state index in [2.05, 4.69) is 20.9 Å². The van der Waals surface area contributed by atoms with Gasteiger partial charge in [-0.05, 0) is 66.2 Å². The summed E-state index contributed by atoms with van der Waals surface area (Å²) in [5, 5.41) is 22.3. The maximum absolute atomic E-state index is 13.4. The number of benzene rings is 4. The van der Waals surface area contributed by atoms with Crippen LogP contribution in [0.5, 0.6) is 0 Å². The summed E-state index contributed by atoms with van der Waals surface area (Å²) < 4.78 is 0. The number of carbonyl (C=O) groups is 3. The minimum atomic E-state index is -0.617. The first-order chi connectivity index (χ1) is 22.6. The molecular weight excluding hydrogens is 681 g/mol. The molecule has 0 atom stereocenters. The Balaban J connectivity index is 1.23. The number of nitrogens with zero attached hydrogens (tertiary/aromatic N) is 2. The molecule has 1 aromatic heterocycles. The fourth-order valence-electron chi connectivity index (χ4n) is 4.09. The molecule has 0 saturated heterocycles. The fourth-order valence-corrected chi connectivity index (χ4v) is 5.88. The summed E-state index contributed by atoms with van der Waals surface area (Å²) in [5.74, 6) is -1.31. The minimum Gasteiger partial charge on any atom is -0.321 e. The van der Waals surface area contributed by atoms with E-state index in [9.17, 15) is 24.5 Å². The van der Waals surface area contributed by atoms with Crippen LogP contribution >= 0.6 is 46.3 Å². The number of anilines is 2. The van der Waals surface area contributed by atoms with Crippen LogP contribution in [0.25, 0.3) is 17.3 Å². The number of non-ortho nitro benzene ring substituents is 1. The predicted octanol–water partition coefficient (Wildman–Crippen LogP) is 8.17. The second-order valence-electron chi connectivity index (χ2n) is 9.71. The maximum Gasteiger partial charge on any atom is 0.272 e. The van der Waals surface area contributed by atoms with Crippen molar-refractivity contribution in [2.45, 2.75) is 4.90 Å². The van der Waals surface area contributed by atoms with E-state index in [-0.39, 0.29) is 23.0 Å². The summed E-state index contributed by atoms with van der Waals surface area (Å²) in [5.41, 5.74) is 2.48. The molecule has 47 heavy (non-hydrogen) atoms. The van der Waals surface area contributed by atoms with E-state index in [0.717, 1.165) is 5.56 Å². The second-order valence-corrected chi connectivity index (χ2v) is 12.4. The quantitative estimate of drug-likeness (QED) is 0.0545. The molecule has 0 saturated carbocycles. The van der Waals surface area contributed by atoms with Gasteiger partial charge in [0.05, 0.1) is 26.4 Å². The molecule has 0 aliphatic heterocycles. The van der Waals surface area contributed by atoms with Crippen molar-refractivity contribution in [3.63, 3.8) is 0 Å². The summed E-state index contributed by atoms with van der Waals surface area (Å²) in [6, 6.07) is 26.0. The molecule has 5 rings (SSSR count). The van der Waals surface area contributed by atoms with E-state index in [4.69, 9.17) is 23.2 Å². The molecule has 5 aromatic rings. The zero-order chi connectivity index (χ0) is 33.3. The van der Waals surface area contributed by atoms with E-state index >= 15 is 0 Å². The smallest absolute Gasteiger partial charge is 0.272 e. The average molecular weight is 705 g/mol. The van der Waals surface area contributed by atoms with E-state index in [1.165, 1.54) is 53.4 Å². The van der Waals surface area contributed by atoms with E-state index < -0.39 is 16.7 Å². The number of hydrogen-bond donors (Lipinski definition) is 3. The number of nitrogens with one attached hydrogen (secondary N) is 3. The zero-order valence-corrected chi connectivity index (χ0v) is 27.3. The number of nitro groups is 1. The molecule has 1 heterocycles. The molecule has 0 bridgehead atoms. The number of carbonyl (C=O) groups excluding carboxylic acids is 3. The first kappa shape index (κ1) is 33.4. The topological polar surface area (TPSA) is 143 Å². The third kappa shape index (κ3) is 9.27. The zero-order valence-electron chi connectivity index (χ0n) is 24.1. The molecule has 14 heteroatoms. The Labute approximate surface area is 287 Å². The minimum absolute atomic E-state index is 0.0752. The lowest BCUT2D eigenvalue weighted by molar-refractivity contribution is -0.384. The normalized spacial score (nSPS) is 11.1. The molecule has 0 radical (unpaired) electrons. The monoisotopic (exact) mass is 703 g/mol. The van der Waals surface area contributed by atoms with Gasteiger partial charge in [0.2, 0.25) is 5.91 Å². The first-order valence-corrected chi connectivity index (χ1v) is 16.3. The average Bonchev–Trinajstić information content (AvgIpc) is 3.54. The van der Waals surface area contributed by atoms with Gasteiger partial charge in [0, 0.05) is 39.2 Å². The Morgan fingerprint density at radius 1 is 0.894 bits per heavy atom. The molecule has 4 aromatic carbocycles. The number of nitro benzene ring substituents is 1. The van der Waals surface area contributed by atoms with Gasteiger partial charge in [-0.25, -0.2) is 4.98 Å². The Morgan fingerprint density at radius 2 is 1.66 bits per heavy atom. The number of halogens is 2. The molecular formula is C33H23Cl2N5O5S2. The van der Waals surface area contributed by atoms with Crippen LogP contribution in [0.1, 0.15) is 15.9 Å². The lowest BCUT2D eigenvalue weighted by Gasteiger charge is -2.12. The molecule has 0 fully saturated rings. The second kappa shape index (κ2) is 15.5. The van der Waals surface area contributed by atoms with Crippen molar-refractivity contribution in [3.8, 4) is 11.3 Å². The number of amides is 3. The number of aromatic nitrogens is 1. The molecule has 236 valence electrons.